The molecule has 13 heteroatoms. The van der Waals surface area contributed by atoms with Gasteiger partial charge in [0.1, 0.15) is 17.5 Å². The van der Waals surface area contributed by atoms with Crippen LogP contribution in [0, 0.1) is 11.3 Å². The standard InChI is InChI=1S/C29H21ClF3N7O2/c30-20-9-11-21(12-10-20)40-27(35-13-3-14-36-28(42)24-16-22-4-1-2-15-39(22)37-24)23(17-34)25(38-40)26(41)18-5-7-19(8-6-18)29(31,32)33/h1-2,4-12,15-16,35H,3,13-14H2,(H,36,42). The summed E-state index contributed by atoms with van der Waals surface area (Å²) in [5.41, 5.74) is 0.283. The Kier molecular flexibility index (Phi) is 7.95. The van der Waals surface area contributed by atoms with E-state index >= 15 is 0 Å². The van der Waals surface area contributed by atoms with Crippen molar-refractivity contribution in [3.05, 3.63) is 112 Å². The van der Waals surface area contributed by atoms with E-state index in [2.05, 4.69) is 20.8 Å². The lowest BCUT2D eigenvalue weighted by molar-refractivity contribution is -0.137. The molecule has 0 aliphatic carbocycles. The fraction of sp³-hybridized carbons (Fsp3) is 0.138. The number of alkyl halides is 3. The number of fused-ring (bicyclic) bond motifs is 1. The van der Waals surface area contributed by atoms with Gasteiger partial charge in [-0.15, -0.1) is 0 Å². The number of hydrogen-bond donors (Lipinski definition) is 2. The lowest BCUT2D eigenvalue weighted by atomic mass is 10.0. The number of ketones is 1. The monoisotopic (exact) mass is 591 g/mol. The third-order valence-electron chi connectivity index (χ3n) is 6.29. The first-order chi connectivity index (χ1) is 20.2. The molecule has 0 radical (unpaired) electrons. The Morgan fingerprint density at radius 3 is 2.38 bits per heavy atom. The lowest BCUT2D eigenvalue weighted by Crippen LogP contribution is -2.26. The molecule has 0 atom stereocenters. The van der Waals surface area contributed by atoms with E-state index in [4.69, 9.17) is 11.6 Å². The Hall–Kier alpha value is -5.15. The number of nitriles is 1. The molecule has 0 saturated heterocycles. The lowest BCUT2D eigenvalue weighted by Gasteiger charge is -2.11. The molecule has 5 aromatic rings. The van der Waals surface area contributed by atoms with E-state index < -0.39 is 17.5 Å². The number of carbonyl (C=O) groups is 2. The maximum atomic E-state index is 13.3. The largest absolute Gasteiger partial charge is 0.416 e. The Morgan fingerprint density at radius 2 is 1.71 bits per heavy atom. The zero-order valence-electron chi connectivity index (χ0n) is 21.7. The minimum atomic E-state index is -4.56. The van der Waals surface area contributed by atoms with Crippen molar-refractivity contribution in [2.24, 2.45) is 0 Å². The average molecular weight is 592 g/mol. The predicted octanol–water partition coefficient (Wildman–Crippen LogP) is 5.53. The SMILES string of the molecule is N#Cc1c(C(=O)c2ccc(C(F)(F)F)cc2)nn(-c2ccc(Cl)cc2)c1NCCCNC(=O)c1cc2ccccn2n1. The fourth-order valence-corrected chi connectivity index (χ4v) is 4.33. The summed E-state index contributed by atoms with van der Waals surface area (Å²) in [7, 11) is 0. The van der Waals surface area contributed by atoms with E-state index in [1.54, 1.807) is 47.1 Å². The number of rotatable bonds is 9. The first-order valence-electron chi connectivity index (χ1n) is 12.6. The van der Waals surface area contributed by atoms with Crippen LogP contribution < -0.4 is 10.6 Å². The molecule has 2 N–H and O–H groups in total. The molecule has 0 saturated carbocycles. The van der Waals surface area contributed by atoms with Crippen molar-refractivity contribution in [2.75, 3.05) is 18.4 Å². The third kappa shape index (κ3) is 5.96. The molecule has 9 nitrogen and oxygen atoms in total. The second kappa shape index (κ2) is 11.8. The molecule has 2 aromatic carbocycles. The van der Waals surface area contributed by atoms with Crippen molar-refractivity contribution in [3.63, 3.8) is 0 Å². The zero-order valence-corrected chi connectivity index (χ0v) is 22.4. The van der Waals surface area contributed by atoms with Crippen molar-refractivity contribution in [1.82, 2.24) is 24.7 Å². The van der Waals surface area contributed by atoms with Gasteiger partial charge < -0.3 is 10.6 Å². The van der Waals surface area contributed by atoms with E-state index in [9.17, 15) is 28.0 Å². The van der Waals surface area contributed by atoms with Crippen LogP contribution in [-0.4, -0.2) is 44.2 Å². The Morgan fingerprint density at radius 1 is 0.976 bits per heavy atom. The highest BCUT2D eigenvalue weighted by atomic mass is 35.5. The number of nitrogens with one attached hydrogen (secondary N) is 2. The minimum absolute atomic E-state index is 0.0542. The van der Waals surface area contributed by atoms with E-state index in [-0.39, 0.29) is 47.3 Å². The summed E-state index contributed by atoms with van der Waals surface area (Å²) in [4.78, 5) is 25.8. The molecule has 1 amide bonds. The maximum Gasteiger partial charge on any atom is 0.416 e. The van der Waals surface area contributed by atoms with Crippen LogP contribution in [0.5, 0.6) is 0 Å². The van der Waals surface area contributed by atoms with E-state index in [0.29, 0.717) is 17.1 Å². The highest BCUT2D eigenvalue weighted by Gasteiger charge is 2.31. The van der Waals surface area contributed by atoms with E-state index in [1.165, 1.54) is 4.68 Å². The van der Waals surface area contributed by atoms with Crippen molar-refractivity contribution in [1.29, 1.82) is 5.26 Å². The van der Waals surface area contributed by atoms with Gasteiger partial charge in [-0.3, -0.25) is 9.59 Å². The second-order valence-corrected chi connectivity index (χ2v) is 9.55. The number of nitrogens with zero attached hydrogens (tertiary/aromatic N) is 5. The van der Waals surface area contributed by atoms with Crippen LogP contribution in [0.3, 0.4) is 0 Å². The van der Waals surface area contributed by atoms with Gasteiger partial charge in [0.25, 0.3) is 5.91 Å². The third-order valence-corrected chi connectivity index (χ3v) is 6.54. The number of amides is 1. The summed E-state index contributed by atoms with van der Waals surface area (Å²) >= 11 is 6.02. The Labute approximate surface area is 242 Å². The Balaban J connectivity index is 1.33. The quantitative estimate of drug-likeness (QED) is 0.172. The van der Waals surface area contributed by atoms with Gasteiger partial charge in [-0.05, 0) is 61.0 Å². The summed E-state index contributed by atoms with van der Waals surface area (Å²) in [6, 6.07) is 19.4. The van der Waals surface area contributed by atoms with Crippen molar-refractivity contribution in [3.8, 4) is 11.8 Å². The van der Waals surface area contributed by atoms with Crippen LogP contribution in [0.1, 0.15) is 44.1 Å². The van der Waals surface area contributed by atoms with Gasteiger partial charge in [0, 0.05) is 29.9 Å². The minimum Gasteiger partial charge on any atom is -0.369 e. The Bertz CT molecular complexity index is 1770. The topological polar surface area (TPSA) is 117 Å². The molecular weight excluding hydrogens is 571 g/mol. The molecule has 0 unspecified atom stereocenters. The van der Waals surface area contributed by atoms with E-state index in [0.717, 1.165) is 29.8 Å². The first-order valence-corrected chi connectivity index (χ1v) is 13.0. The van der Waals surface area contributed by atoms with Gasteiger partial charge in [-0.1, -0.05) is 29.8 Å². The number of carbonyl (C=O) groups excluding carboxylic acids is 2. The van der Waals surface area contributed by atoms with Crippen LogP contribution in [0.2, 0.25) is 5.02 Å². The summed E-state index contributed by atoms with van der Waals surface area (Å²) in [5.74, 6) is -0.843. The molecule has 3 aromatic heterocycles. The van der Waals surface area contributed by atoms with Crippen molar-refractivity contribution in [2.45, 2.75) is 12.6 Å². The number of hydrogen-bond acceptors (Lipinski definition) is 6. The highest BCUT2D eigenvalue weighted by Crippen LogP contribution is 2.30. The summed E-state index contributed by atoms with van der Waals surface area (Å²) in [5, 5.41) is 24.9. The van der Waals surface area contributed by atoms with Gasteiger partial charge in [-0.25, -0.2) is 9.20 Å². The van der Waals surface area contributed by atoms with Crippen LogP contribution in [0.15, 0.2) is 79.0 Å². The highest BCUT2D eigenvalue weighted by molar-refractivity contribution is 6.30. The molecule has 0 spiro atoms. The number of benzene rings is 2. The molecule has 0 aliphatic heterocycles. The smallest absolute Gasteiger partial charge is 0.369 e. The second-order valence-electron chi connectivity index (χ2n) is 9.11. The first kappa shape index (κ1) is 28.4. The fourth-order valence-electron chi connectivity index (χ4n) is 4.20. The van der Waals surface area contributed by atoms with Crippen molar-refractivity contribution >= 4 is 34.6 Å². The normalized spacial score (nSPS) is 11.3. The number of pyridine rings is 1. The van der Waals surface area contributed by atoms with Crippen LogP contribution in [0.25, 0.3) is 11.2 Å². The molecule has 5 rings (SSSR count). The van der Waals surface area contributed by atoms with Gasteiger partial charge >= 0.3 is 6.18 Å². The number of halogens is 4. The van der Waals surface area contributed by atoms with Gasteiger partial charge in [-0.2, -0.15) is 28.6 Å². The molecule has 0 fully saturated rings. The summed E-state index contributed by atoms with van der Waals surface area (Å²) in [6.45, 7) is 0.571. The molecule has 42 heavy (non-hydrogen) atoms. The summed E-state index contributed by atoms with van der Waals surface area (Å²) in [6.07, 6.45) is -2.37. The molecule has 3 heterocycles. The van der Waals surface area contributed by atoms with Gasteiger partial charge in [0.15, 0.2) is 11.4 Å². The van der Waals surface area contributed by atoms with Crippen molar-refractivity contribution < 1.29 is 22.8 Å². The van der Waals surface area contributed by atoms with Crippen LogP contribution in [-0.2, 0) is 6.18 Å². The van der Waals surface area contributed by atoms with Gasteiger partial charge in [0.05, 0.1) is 16.8 Å². The molecule has 212 valence electrons. The van der Waals surface area contributed by atoms with Crippen LogP contribution >= 0.6 is 11.6 Å². The average Bonchev–Trinajstić information content (AvgIpc) is 3.58. The van der Waals surface area contributed by atoms with Crippen LogP contribution in [0.4, 0.5) is 19.0 Å². The van der Waals surface area contributed by atoms with Gasteiger partial charge in [0.2, 0.25) is 5.78 Å². The molecule has 0 bridgehead atoms. The number of anilines is 1. The molecule has 0 aliphatic rings. The zero-order chi connectivity index (χ0) is 29.9. The number of aromatic nitrogens is 4. The molecular formula is C29H21ClF3N7O2. The predicted molar refractivity (Wildman–Crippen MR) is 149 cm³/mol. The summed E-state index contributed by atoms with van der Waals surface area (Å²) < 4.78 is 41.9. The maximum absolute atomic E-state index is 13.3. The van der Waals surface area contributed by atoms with E-state index in [1.807, 2.05) is 18.2 Å².